The van der Waals surface area contributed by atoms with Crippen LogP contribution in [0.5, 0.6) is 0 Å². The fraction of sp³-hybridized carbons (Fsp3) is 0.233. The molecule has 180 valence electrons. The number of carbonyl (C=O) groups excluding carboxylic acids is 2. The number of carbonyl (C=O) groups is 3. The van der Waals surface area contributed by atoms with Crippen LogP contribution in [0.25, 0.3) is 43.1 Å². The third-order valence-corrected chi connectivity index (χ3v) is 6.44. The summed E-state index contributed by atoms with van der Waals surface area (Å²) < 4.78 is 0. The fourth-order valence-corrected chi connectivity index (χ4v) is 5.18. The molecule has 0 aliphatic heterocycles. The Kier molecular flexibility index (Phi) is 7.39. The molecule has 0 aliphatic carbocycles. The molecule has 0 amide bonds. The molecule has 5 heteroatoms. The number of hydrogen-bond acceptors (Lipinski definition) is 4. The largest absolute Gasteiger partial charge is 0.478 e. The van der Waals surface area contributed by atoms with Gasteiger partial charge in [0, 0.05) is 22.5 Å². The number of nitrogens with one attached hydrogen (secondary N) is 1. The Balaban J connectivity index is 0.000000815. The van der Waals surface area contributed by atoms with E-state index < -0.39 is 5.97 Å². The van der Waals surface area contributed by atoms with Crippen molar-refractivity contribution in [3.63, 3.8) is 0 Å². The van der Waals surface area contributed by atoms with Gasteiger partial charge in [-0.2, -0.15) is 0 Å². The van der Waals surface area contributed by atoms with Crippen LogP contribution in [0, 0.1) is 6.92 Å². The van der Waals surface area contributed by atoms with E-state index in [1.807, 2.05) is 19.6 Å². The lowest BCUT2D eigenvalue weighted by molar-refractivity contribution is -0.0987. The van der Waals surface area contributed by atoms with E-state index in [-0.39, 0.29) is 5.92 Å². The van der Waals surface area contributed by atoms with Gasteiger partial charge < -0.3 is 20.0 Å². The van der Waals surface area contributed by atoms with E-state index in [1.54, 1.807) is 6.07 Å². The molecule has 0 saturated heterocycles. The monoisotopic (exact) mass is 469 g/mol. The van der Waals surface area contributed by atoms with Crippen LogP contribution in [0.1, 0.15) is 55.1 Å². The fourth-order valence-electron chi connectivity index (χ4n) is 5.18. The molecular formula is C30H31NO4. The van der Waals surface area contributed by atoms with Crippen LogP contribution in [0.2, 0.25) is 0 Å². The van der Waals surface area contributed by atoms with Crippen molar-refractivity contribution < 1.29 is 19.5 Å². The zero-order chi connectivity index (χ0) is 26.0. The molecule has 5 aromatic carbocycles. The Morgan fingerprint density at radius 3 is 1.71 bits per heavy atom. The van der Waals surface area contributed by atoms with Crippen molar-refractivity contribution >= 4 is 68.3 Å². The zero-order valence-electron chi connectivity index (χ0n) is 20.9. The Morgan fingerprint density at radius 2 is 1.20 bits per heavy atom. The molecule has 5 rings (SSSR count). The van der Waals surface area contributed by atoms with Crippen molar-refractivity contribution in [3.05, 3.63) is 65.2 Å². The Morgan fingerprint density at radius 1 is 0.714 bits per heavy atom. The van der Waals surface area contributed by atoms with Gasteiger partial charge in [0.15, 0.2) is 0 Å². The summed E-state index contributed by atoms with van der Waals surface area (Å²) in [6.45, 7) is 14.7. The highest BCUT2D eigenvalue weighted by atomic mass is 16.4. The van der Waals surface area contributed by atoms with Gasteiger partial charge in [-0.05, 0) is 82.3 Å². The maximum Gasteiger partial charge on any atom is 0.336 e. The summed E-state index contributed by atoms with van der Waals surface area (Å²) in [4.78, 5) is 28.1. The van der Waals surface area contributed by atoms with Gasteiger partial charge in [0.1, 0.15) is 13.6 Å². The van der Waals surface area contributed by atoms with Crippen LogP contribution in [-0.2, 0) is 9.59 Å². The quantitative estimate of drug-likeness (QED) is 0.213. The first-order chi connectivity index (χ1) is 16.8. The Bertz CT molecular complexity index is 1510. The Labute approximate surface area is 205 Å². The van der Waals surface area contributed by atoms with Crippen molar-refractivity contribution in [2.75, 3.05) is 5.32 Å². The van der Waals surface area contributed by atoms with Crippen molar-refractivity contribution in [2.24, 2.45) is 0 Å². The molecule has 0 spiro atoms. The number of anilines is 1. The number of aromatic carboxylic acids is 1. The molecule has 0 aromatic heterocycles. The van der Waals surface area contributed by atoms with Crippen LogP contribution in [0.4, 0.5) is 5.69 Å². The molecule has 0 saturated carbocycles. The average molecular weight is 470 g/mol. The second-order valence-electron chi connectivity index (χ2n) is 9.21. The smallest absolute Gasteiger partial charge is 0.336 e. The average Bonchev–Trinajstić information content (AvgIpc) is 2.85. The normalized spacial score (nSPS) is 11.1. The third kappa shape index (κ3) is 4.08. The van der Waals surface area contributed by atoms with Crippen molar-refractivity contribution in [1.82, 2.24) is 0 Å². The second-order valence-corrected chi connectivity index (χ2v) is 9.21. The summed E-state index contributed by atoms with van der Waals surface area (Å²) in [5.41, 5.74) is 3.86. The lowest BCUT2D eigenvalue weighted by Crippen LogP contribution is -2.10. The van der Waals surface area contributed by atoms with Gasteiger partial charge in [-0.15, -0.1) is 0 Å². The molecule has 0 radical (unpaired) electrons. The third-order valence-electron chi connectivity index (χ3n) is 6.44. The maximum atomic E-state index is 12.1. The summed E-state index contributed by atoms with van der Waals surface area (Å²) in [5, 5.41) is 22.6. The number of hydrogen-bond donors (Lipinski definition) is 2. The minimum absolute atomic E-state index is 0.236. The van der Waals surface area contributed by atoms with Crippen LogP contribution in [0.3, 0.4) is 0 Å². The summed E-state index contributed by atoms with van der Waals surface area (Å²) in [5.74, 6) is -0.638. The van der Waals surface area contributed by atoms with Gasteiger partial charge in [-0.25, -0.2) is 4.79 Å². The first-order valence-electron chi connectivity index (χ1n) is 11.5. The minimum atomic E-state index is -0.873. The van der Waals surface area contributed by atoms with Gasteiger partial charge in [-0.1, -0.05) is 50.2 Å². The van der Waals surface area contributed by atoms with E-state index in [9.17, 15) is 9.90 Å². The first kappa shape index (κ1) is 25.6. The molecule has 5 nitrogen and oxygen atoms in total. The van der Waals surface area contributed by atoms with Gasteiger partial charge in [0.25, 0.3) is 0 Å². The van der Waals surface area contributed by atoms with E-state index in [0.29, 0.717) is 11.6 Å². The van der Waals surface area contributed by atoms with E-state index in [1.165, 1.54) is 27.1 Å². The summed E-state index contributed by atoms with van der Waals surface area (Å²) in [6, 6.07) is 17.1. The highest BCUT2D eigenvalue weighted by Crippen LogP contribution is 2.45. The van der Waals surface area contributed by atoms with Gasteiger partial charge >= 0.3 is 5.97 Å². The van der Waals surface area contributed by atoms with Crippen molar-refractivity contribution in [2.45, 2.75) is 46.6 Å². The predicted molar refractivity (Wildman–Crippen MR) is 146 cm³/mol. The number of fused-ring (bicyclic) bond motifs is 2. The highest BCUT2D eigenvalue weighted by molar-refractivity contribution is 6.35. The predicted octanol–water partition coefficient (Wildman–Crippen LogP) is 7.32. The SMILES string of the molecule is C=O.C=O.Cc1ccc2c3ccc(C(C)C)c4c(C(=O)O)ccc(c5ccc(NC(C)C)c1c52)c43. The zero-order valence-corrected chi connectivity index (χ0v) is 20.9. The number of carboxylic acids is 1. The summed E-state index contributed by atoms with van der Waals surface area (Å²) in [6.07, 6.45) is 0. The number of rotatable bonds is 4. The summed E-state index contributed by atoms with van der Waals surface area (Å²) >= 11 is 0. The highest BCUT2D eigenvalue weighted by Gasteiger charge is 2.21. The van der Waals surface area contributed by atoms with Crippen molar-refractivity contribution in [3.8, 4) is 0 Å². The van der Waals surface area contributed by atoms with Crippen molar-refractivity contribution in [1.29, 1.82) is 0 Å². The van der Waals surface area contributed by atoms with Gasteiger partial charge in [0.2, 0.25) is 0 Å². The molecule has 0 heterocycles. The molecule has 0 bridgehead atoms. The molecule has 2 N–H and O–H groups in total. The van der Waals surface area contributed by atoms with Gasteiger partial charge in [0.05, 0.1) is 5.56 Å². The standard InChI is InChI=1S/C28H27NO2.2CH2O/c1-14(2)17-8-9-19-18-7-6-16(5)24-23(29-15(3)4)13-12-21(26(18)24)20-10-11-22(28(30)31)25(17)27(19)20;2*1-2/h6-15,29H,1-5H3,(H,30,31);2*1H2. The minimum Gasteiger partial charge on any atom is -0.478 e. The van der Waals surface area contributed by atoms with E-state index in [4.69, 9.17) is 9.59 Å². The first-order valence-corrected chi connectivity index (χ1v) is 11.5. The molecular weight excluding hydrogens is 438 g/mol. The lowest BCUT2D eigenvalue weighted by atomic mass is 9.83. The van der Waals surface area contributed by atoms with Crippen LogP contribution >= 0.6 is 0 Å². The molecule has 5 aromatic rings. The molecule has 0 fully saturated rings. The molecule has 0 unspecified atom stereocenters. The number of aryl methyl sites for hydroxylation is 1. The van der Waals surface area contributed by atoms with E-state index in [2.05, 4.69) is 76.3 Å². The second kappa shape index (κ2) is 10.1. The van der Waals surface area contributed by atoms with Crippen LogP contribution in [-0.4, -0.2) is 30.7 Å². The molecule has 35 heavy (non-hydrogen) atoms. The van der Waals surface area contributed by atoms with E-state index >= 15 is 0 Å². The molecule has 0 atom stereocenters. The number of benzene rings is 5. The van der Waals surface area contributed by atoms with Crippen LogP contribution < -0.4 is 5.32 Å². The Hall–Kier alpha value is -3.99. The topological polar surface area (TPSA) is 83.5 Å². The van der Waals surface area contributed by atoms with E-state index in [0.717, 1.165) is 32.8 Å². The molecule has 0 aliphatic rings. The van der Waals surface area contributed by atoms with Crippen LogP contribution in [0.15, 0.2) is 48.5 Å². The van der Waals surface area contributed by atoms with Gasteiger partial charge in [-0.3, -0.25) is 0 Å². The number of carboxylic acid groups (broad SMARTS) is 1. The lowest BCUT2D eigenvalue weighted by Gasteiger charge is -2.22. The maximum absolute atomic E-state index is 12.1. The summed E-state index contributed by atoms with van der Waals surface area (Å²) in [7, 11) is 0.